The lowest BCUT2D eigenvalue weighted by molar-refractivity contribution is -0.139. The highest BCUT2D eigenvalue weighted by Gasteiger charge is 2.33. The van der Waals surface area contributed by atoms with Crippen LogP contribution in [0.4, 0.5) is 4.79 Å². The predicted molar refractivity (Wildman–Crippen MR) is 74.1 cm³/mol. The Morgan fingerprint density at radius 2 is 1.95 bits per heavy atom. The van der Waals surface area contributed by atoms with Crippen molar-refractivity contribution >= 4 is 17.9 Å². The summed E-state index contributed by atoms with van der Waals surface area (Å²) >= 11 is 0. The van der Waals surface area contributed by atoms with Crippen LogP contribution in [0.1, 0.15) is 39.5 Å². The third-order valence-electron chi connectivity index (χ3n) is 3.09. The molecule has 6 nitrogen and oxygen atoms in total. The average Bonchev–Trinajstić information content (AvgIpc) is 3.05. The third-order valence-corrected chi connectivity index (χ3v) is 3.09. The minimum Gasteiger partial charge on any atom is -0.481 e. The van der Waals surface area contributed by atoms with Gasteiger partial charge in [0.25, 0.3) is 0 Å². The molecule has 0 aromatic heterocycles. The number of imide groups is 1. The van der Waals surface area contributed by atoms with Gasteiger partial charge in [0, 0.05) is 19.0 Å². The van der Waals surface area contributed by atoms with E-state index in [2.05, 4.69) is 11.9 Å². The highest BCUT2D eigenvalue weighted by atomic mass is 16.4. The lowest BCUT2D eigenvalue weighted by Gasteiger charge is -2.24. The molecule has 0 unspecified atom stereocenters. The number of carboxylic acids is 1. The van der Waals surface area contributed by atoms with Gasteiger partial charge in [0.1, 0.15) is 0 Å². The number of carbonyl (C=O) groups excluding carboxylic acids is 2. The summed E-state index contributed by atoms with van der Waals surface area (Å²) < 4.78 is 0. The molecule has 0 aromatic carbocycles. The normalized spacial score (nSPS) is 14.5. The first-order chi connectivity index (χ1) is 9.25. The molecule has 1 aliphatic rings. The zero-order valence-corrected chi connectivity index (χ0v) is 12.0. The Morgan fingerprint density at radius 1 is 1.35 bits per heavy atom. The van der Waals surface area contributed by atoms with Crippen LogP contribution in [-0.2, 0) is 9.59 Å². The number of nitrogens with one attached hydrogen (secondary N) is 1. The van der Waals surface area contributed by atoms with Gasteiger partial charge in [-0.25, -0.2) is 4.79 Å². The van der Waals surface area contributed by atoms with Crippen LogP contribution in [0, 0.1) is 5.41 Å². The predicted octanol–water partition coefficient (Wildman–Crippen LogP) is 1.76. The van der Waals surface area contributed by atoms with Crippen molar-refractivity contribution in [3.8, 4) is 0 Å². The van der Waals surface area contributed by atoms with Crippen molar-refractivity contribution in [3.05, 3.63) is 12.7 Å². The minimum atomic E-state index is -0.958. The fourth-order valence-corrected chi connectivity index (χ4v) is 2.06. The zero-order chi connectivity index (χ0) is 15.3. The van der Waals surface area contributed by atoms with Gasteiger partial charge in [-0.3, -0.25) is 14.9 Å². The molecule has 3 amide bonds. The van der Waals surface area contributed by atoms with Crippen molar-refractivity contribution < 1.29 is 19.5 Å². The van der Waals surface area contributed by atoms with E-state index in [0.717, 1.165) is 12.8 Å². The number of hydrogen-bond donors (Lipinski definition) is 2. The van der Waals surface area contributed by atoms with Gasteiger partial charge in [-0.05, 0) is 18.3 Å². The number of hydrogen-bond acceptors (Lipinski definition) is 3. The minimum absolute atomic E-state index is 0.00235. The number of carboxylic acid groups (broad SMARTS) is 1. The van der Waals surface area contributed by atoms with Crippen LogP contribution in [0.2, 0.25) is 0 Å². The quantitative estimate of drug-likeness (QED) is 0.697. The molecule has 0 saturated heterocycles. The summed E-state index contributed by atoms with van der Waals surface area (Å²) in [6.07, 6.45) is 3.39. The van der Waals surface area contributed by atoms with Crippen LogP contribution >= 0.6 is 0 Å². The standard InChI is InChI=1S/C14H22N2O4/c1-4-7-16(10-5-6-10)13(20)15-11(17)8-14(2,3)9-12(18)19/h4,10H,1,5-9H2,2-3H3,(H,18,19)(H,15,17,20). The molecule has 2 N–H and O–H groups in total. The van der Waals surface area contributed by atoms with Gasteiger partial charge in [-0.1, -0.05) is 19.9 Å². The molecule has 0 bridgehead atoms. The summed E-state index contributed by atoms with van der Waals surface area (Å²) in [5.74, 6) is -1.41. The first-order valence-corrected chi connectivity index (χ1v) is 6.68. The van der Waals surface area contributed by atoms with Crippen molar-refractivity contribution in [1.82, 2.24) is 10.2 Å². The van der Waals surface area contributed by atoms with Crippen molar-refractivity contribution in [1.29, 1.82) is 0 Å². The molecular formula is C14H22N2O4. The summed E-state index contributed by atoms with van der Waals surface area (Å²) in [4.78, 5) is 36.1. The fraction of sp³-hybridized carbons (Fsp3) is 0.643. The molecule has 1 rings (SSSR count). The maximum absolute atomic E-state index is 12.0. The number of carbonyl (C=O) groups is 3. The summed E-state index contributed by atoms with van der Waals surface area (Å²) in [7, 11) is 0. The van der Waals surface area contributed by atoms with E-state index in [4.69, 9.17) is 5.11 Å². The van der Waals surface area contributed by atoms with Crippen LogP contribution in [0.3, 0.4) is 0 Å². The highest BCUT2D eigenvalue weighted by Crippen LogP contribution is 2.27. The number of amides is 3. The first-order valence-electron chi connectivity index (χ1n) is 6.68. The van der Waals surface area contributed by atoms with Gasteiger partial charge >= 0.3 is 12.0 Å². The van der Waals surface area contributed by atoms with Gasteiger partial charge in [0.05, 0.1) is 6.42 Å². The van der Waals surface area contributed by atoms with Gasteiger partial charge in [0.2, 0.25) is 5.91 Å². The zero-order valence-electron chi connectivity index (χ0n) is 12.0. The Bertz CT molecular complexity index is 413. The molecule has 6 heteroatoms. The molecule has 20 heavy (non-hydrogen) atoms. The van der Waals surface area contributed by atoms with Crippen LogP contribution in [0.5, 0.6) is 0 Å². The molecule has 0 aromatic rings. The Morgan fingerprint density at radius 3 is 2.40 bits per heavy atom. The Hall–Kier alpha value is -1.85. The second-order valence-electron chi connectivity index (χ2n) is 5.94. The average molecular weight is 282 g/mol. The SMILES string of the molecule is C=CCN(C(=O)NC(=O)CC(C)(C)CC(=O)O)C1CC1. The molecule has 0 atom stereocenters. The maximum atomic E-state index is 12.0. The summed E-state index contributed by atoms with van der Waals surface area (Å²) in [6, 6.07) is -0.239. The van der Waals surface area contributed by atoms with Gasteiger partial charge in [-0.15, -0.1) is 6.58 Å². The van der Waals surface area contributed by atoms with Crippen LogP contribution < -0.4 is 5.32 Å². The molecule has 1 fully saturated rings. The van der Waals surface area contributed by atoms with Crippen LogP contribution in [-0.4, -0.2) is 40.5 Å². The van der Waals surface area contributed by atoms with E-state index in [0.29, 0.717) is 6.54 Å². The van der Waals surface area contributed by atoms with Crippen molar-refractivity contribution in [2.45, 2.75) is 45.6 Å². The van der Waals surface area contributed by atoms with E-state index in [1.807, 2.05) is 0 Å². The molecule has 0 aliphatic heterocycles. The van der Waals surface area contributed by atoms with Crippen molar-refractivity contribution in [3.63, 3.8) is 0 Å². The van der Waals surface area contributed by atoms with Gasteiger partial charge < -0.3 is 10.0 Å². The third kappa shape index (κ3) is 5.42. The van der Waals surface area contributed by atoms with Gasteiger partial charge in [0.15, 0.2) is 0 Å². The van der Waals surface area contributed by atoms with Gasteiger partial charge in [-0.2, -0.15) is 0 Å². The van der Waals surface area contributed by atoms with E-state index in [9.17, 15) is 14.4 Å². The van der Waals surface area contributed by atoms with Crippen LogP contribution in [0.15, 0.2) is 12.7 Å². The monoisotopic (exact) mass is 282 g/mol. The summed E-state index contributed by atoms with van der Waals surface area (Å²) in [6.45, 7) is 7.37. The molecule has 0 radical (unpaired) electrons. The fourth-order valence-electron chi connectivity index (χ4n) is 2.06. The Labute approximate surface area is 118 Å². The van der Waals surface area contributed by atoms with Crippen molar-refractivity contribution in [2.75, 3.05) is 6.54 Å². The lowest BCUT2D eigenvalue weighted by atomic mass is 9.85. The van der Waals surface area contributed by atoms with E-state index in [1.54, 1.807) is 24.8 Å². The number of aliphatic carboxylic acids is 1. The Kier molecular flexibility index (Phi) is 5.30. The first kappa shape index (κ1) is 16.2. The molecule has 112 valence electrons. The van der Waals surface area contributed by atoms with E-state index < -0.39 is 23.3 Å². The topological polar surface area (TPSA) is 86.7 Å². The van der Waals surface area contributed by atoms with E-state index >= 15 is 0 Å². The molecule has 0 spiro atoms. The largest absolute Gasteiger partial charge is 0.481 e. The number of nitrogens with zero attached hydrogens (tertiary/aromatic N) is 1. The highest BCUT2D eigenvalue weighted by molar-refractivity contribution is 5.95. The molecular weight excluding hydrogens is 260 g/mol. The lowest BCUT2D eigenvalue weighted by Crippen LogP contribution is -2.45. The maximum Gasteiger partial charge on any atom is 0.324 e. The number of rotatable bonds is 7. The second kappa shape index (κ2) is 6.54. The van der Waals surface area contributed by atoms with E-state index in [1.165, 1.54) is 0 Å². The molecule has 0 heterocycles. The number of urea groups is 1. The summed E-state index contributed by atoms with van der Waals surface area (Å²) in [5.41, 5.74) is -0.682. The van der Waals surface area contributed by atoms with Crippen molar-refractivity contribution in [2.24, 2.45) is 5.41 Å². The molecule has 1 saturated carbocycles. The van der Waals surface area contributed by atoms with Crippen LogP contribution in [0.25, 0.3) is 0 Å². The smallest absolute Gasteiger partial charge is 0.324 e. The Balaban J connectivity index is 2.50. The second-order valence-corrected chi connectivity index (χ2v) is 5.94. The molecule has 1 aliphatic carbocycles. The summed E-state index contributed by atoms with van der Waals surface area (Å²) in [5, 5.41) is 11.1. The van der Waals surface area contributed by atoms with E-state index in [-0.39, 0.29) is 18.9 Å².